The van der Waals surface area contributed by atoms with Crippen molar-refractivity contribution in [2.24, 2.45) is 0 Å². The van der Waals surface area contributed by atoms with Gasteiger partial charge in [-0.1, -0.05) is 50.8 Å². The van der Waals surface area contributed by atoms with Crippen LogP contribution in [0.5, 0.6) is 0 Å². The molecule has 0 spiro atoms. The number of nitrogens with zero attached hydrogens (tertiary/aromatic N) is 3. The van der Waals surface area contributed by atoms with E-state index in [0.29, 0.717) is 24.3 Å². The molecule has 225 valence electrons. The Morgan fingerprint density at radius 3 is 2.38 bits per heavy atom. The van der Waals surface area contributed by atoms with Crippen LogP contribution in [0.3, 0.4) is 0 Å². The first-order valence-electron chi connectivity index (χ1n) is 15.5. The standard InChI is InChI=1S/C31H40N4O3.C2H6.CH3.Hg/c1-3-8-27(9-4-2)38-28-16-20-35(21-17-28)31(37)29-13-12-25(22-32-29)30(36)33-26-14-18-34(19-15-26)23-24-10-6-5-7-11-24;1-2;;/h3-4,6,8-13,22,26,28H,1,5,7,14-21,23H2,2H3,(H,33,36);1-2H3;1H3;/b9-4-,27-8+;;;. The average molecular weight is 762 g/mol. The summed E-state index contributed by atoms with van der Waals surface area (Å²) in [5.74, 6) is 0.541. The molecule has 8 heteroatoms. The molecule has 3 aliphatic rings. The van der Waals surface area contributed by atoms with Crippen molar-refractivity contribution in [1.82, 2.24) is 20.1 Å². The fourth-order valence-corrected chi connectivity index (χ4v) is 5.15. The minimum absolute atomic E-state index is 0.0635. The van der Waals surface area contributed by atoms with E-state index < -0.39 is 0 Å². The van der Waals surface area contributed by atoms with Gasteiger partial charge in [-0.2, -0.15) is 0 Å². The van der Waals surface area contributed by atoms with Crippen molar-refractivity contribution in [3.8, 4) is 0 Å². The van der Waals surface area contributed by atoms with Gasteiger partial charge in [0, 0.05) is 57.8 Å². The molecule has 1 aliphatic carbocycles. The van der Waals surface area contributed by atoms with Crippen LogP contribution < -0.4 is 5.32 Å². The molecule has 1 aromatic heterocycles. The summed E-state index contributed by atoms with van der Waals surface area (Å²) >= 11 is 1.03. The number of pyridine rings is 1. The molecule has 2 fully saturated rings. The molecular formula is C34H49HgN4O3. The summed E-state index contributed by atoms with van der Waals surface area (Å²) in [7, 11) is 0. The van der Waals surface area contributed by atoms with E-state index in [0.717, 1.165) is 90.0 Å². The van der Waals surface area contributed by atoms with Crippen molar-refractivity contribution >= 4 is 11.8 Å². The number of allylic oxidation sites excluding steroid dienone is 6. The summed E-state index contributed by atoms with van der Waals surface area (Å²) in [4.78, 5) is 34.4. The molecular weight excluding hydrogens is 713 g/mol. The molecule has 2 amide bonds. The summed E-state index contributed by atoms with van der Waals surface area (Å²) in [6, 6.07) is 3.52. The summed E-state index contributed by atoms with van der Waals surface area (Å²) in [5, 5.41) is 3.15. The van der Waals surface area contributed by atoms with Crippen LogP contribution in [-0.2, 0) is 30.9 Å². The maximum atomic E-state index is 13.0. The fourth-order valence-electron chi connectivity index (χ4n) is 5.15. The van der Waals surface area contributed by atoms with Crippen molar-refractivity contribution < 1.29 is 40.4 Å². The van der Waals surface area contributed by atoms with Crippen molar-refractivity contribution in [3.05, 3.63) is 90.0 Å². The number of aromatic nitrogens is 1. The Bertz CT molecular complexity index is 1090. The Hall–Kier alpha value is -2.51. The molecule has 1 N–H and O–H groups in total. The predicted octanol–water partition coefficient (Wildman–Crippen LogP) is 6.43. The van der Waals surface area contributed by atoms with Gasteiger partial charge in [0.2, 0.25) is 0 Å². The number of piperidine rings is 2. The summed E-state index contributed by atoms with van der Waals surface area (Å²) in [6.07, 6.45) is 21.4. The first-order chi connectivity index (χ1) is 20.6. The van der Waals surface area contributed by atoms with E-state index in [9.17, 15) is 9.59 Å². The molecule has 2 saturated heterocycles. The molecule has 0 bridgehead atoms. The van der Waals surface area contributed by atoms with Crippen LogP contribution in [0.25, 0.3) is 0 Å². The molecule has 7 nitrogen and oxygen atoms in total. The number of ether oxygens (including phenoxy) is 1. The Kier molecular flexibility index (Phi) is 17.3. The zero-order valence-corrected chi connectivity index (χ0v) is 31.7. The number of hydrogen-bond donors (Lipinski definition) is 1. The quantitative estimate of drug-likeness (QED) is 0.179. The molecule has 3 heterocycles. The van der Waals surface area contributed by atoms with E-state index >= 15 is 0 Å². The molecule has 2 aliphatic heterocycles. The van der Waals surface area contributed by atoms with Crippen LogP contribution in [0.2, 0.25) is 4.43 Å². The van der Waals surface area contributed by atoms with E-state index in [-0.39, 0.29) is 24.0 Å². The van der Waals surface area contributed by atoms with E-state index in [4.69, 9.17) is 4.74 Å². The summed E-state index contributed by atoms with van der Waals surface area (Å²) in [6.45, 7) is 13.8. The van der Waals surface area contributed by atoms with Crippen LogP contribution in [0.15, 0.2) is 78.8 Å². The fraction of sp³-hybridized carbons (Fsp3) is 0.500. The normalized spacial score (nSPS) is 18.3. The number of rotatable bonds is 9. The van der Waals surface area contributed by atoms with Crippen LogP contribution in [-0.4, -0.2) is 71.5 Å². The first-order valence-corrected chi connectivity index (χ1v) is 21.0. The molecule has 42 heavy (non-hydrogen) atoms. The third kappa shape index (κ3) is 11.6. The van der Waals surface area contributed by atoms with Gasteiger partial charge in [0.05, 0.1) is 5.56 Å². The summed E-state index contributed by atoms with van der Waals surface area (Å²) in [5.41, 5.74) is 2.25. The van der Waals surface area contributed by atoms with Gasteiger partial charge in [-0.15, -0.1) is 0 Å². The molecule has 4 rings (SSSR count). The number of nitrogens with one attached hydrogen (secondary N) is 1. The van der Waals surface area contributed by atoms with Gasteiger partial charge in [0.1, 0.15) is 17.6 Å². The number of likely N-dealkylation sites (tertiary alicyclic amines) is 2. The molecule has 1 aromatic rings. The second-order valence-corrected chi connectivity index (χ2v) is 10.1. The Balaban J connectivity index is 0.00000148. The Morgan fingerprint density at radius 1 is 1.10 bits per heavy atom. The van der Waals surface area contributed by atoms with E-state index in [1.165, 1.54) is 11.8 Å². The van der Waals surface area contributed by atoms with Crippen molar-refractivity contribution in [3.63, 3.8) is 0 Å². The van der Waals surface area contributed by atoms with Gasteiger partial charge in [-0.25, -0.2) is 0 Å². The van der Waals surface area contributed by atoms with Gasteiger partial charge in [-0.05, 0) is 62.5 Å². The van der Waals surface area contributed by atoms with Gasteiger partial charge in [0.15, 0.2) is 0 Å². The average Bonchev–Trinajstić information content (AvgIpc) is 3.05. The first kappa shape index (κ1) is 35.7. The molecule has 0 radical (unpaired) electrons. The molecule has 0 atom stereocenters. The van der Waals surface area contributed by atoms with E-state index in [1.54, 1.807) is 23.1 Å². The maximum absolute atomic E-state index is 13.0. The zero-order valence-electron chi connectivity index (χ0n) is 26.2. The number of carbonyl (C=O) groups excluding carboxylic acids is 2. The van der Waals surface area contributed by atoms with Crippen molar-refractivity contribution in [2.45, 2.75) is 75.9 Å². The van der Waals surface area contributed by atoms with Crippen LogP contribution in [0.1, 0.15) is 80.1 Å². The van der Waals surface area contributed by atoms with Crippen LogP contribution >= 0.6 is 0 Å². The van der Waals surface area contributed by atoms with Crippen LogP contribution in [0.4, 0.5) is 0 Å². The Labute approximate surface area is 269 Å². The molecule has 0 saturated carbocycles. The second kappa shape index (κ2) is 20.4. The van der Waals surface area contributed by atoms with Crippen molar-refractivity contribution in [1.29, 1.82) is 0 Å². The number of amides is 2. The predicted molar refractivity (Wildman–Crippen MR) is 168 cm³/mol. The van der Waals surface area contributed by atoms with Gasteiger partial charge in [-0.3, -0.25) is 19.5 Å². The third-order valence-corrected chi connectivity index (χ3v) is 7.29. The number of carbonyl (C=O) groups is 2. The molecule has 0 aromatic carbocycles. The van der Waals surface area contributed by atoms with Gasteiger partial charge in [0.25, 0.3) is 11.8 Å². The topological polar surface area (TPSA) is 74.8 Å². The van der Waals surface area contributed by atoms with Gasteiger partial charge < -0.3 is 15.0 Å². The SMILES string of the molecule is C=C/C=C(\C=C/C)OC1CCN(C(=O)c2ccc(C(=O)NC3CCN(CC4=CCCC=C4)CC3)cn2)CC1.CC.[CH3][Hg]. The number of hydrogen-bond acceptors (Lipinski definition) is 5. The summed E-state index contributed by atoms with van der Waals surface area (Å²) < 4.78 is 8.24. The van der Waals surface area contributed by atoms with E-state index in [2.05, 4.69) is 44.4 Å². The van der Waals surface area contributed by atoms with Crippen LogP contribution in [0, 0.1) is 0 Å². The minimum atomic E-state index is -0.129. The van der Waals surface area contributed by atoms with Gasteiger partial charge >= 0.3 is 30.6 Å². The monoisotopic (exact) mass is 763 g/mol. The third-order valence-electron chi connectivity index (χ3n) is 7.29. The zero-order chi connectivity index (χ0) is 30.7. The second-order valence-electron chi connectivity index (χ2n) is 10.1. The van der Waals surface area contributed by atoms with Crippen molar-refractivity contribution in [2.75, 3.05) is 32.7 Å². The van der Waals surface area contributed by atoms with E-state index in [1.807, 2.05) is 39.0 Å². The molecule has 0 unspecified atom stereocenters. The Morgan fingerprint density at radius 2 is 1.81 bits per heavy atom.